The molecule has 0 atom stereocenters. The molecular formula is C22H29N3O5S. The number of carbonyl (C=O) groups excluding carboxylic acids is 2. The number of hydrogen-bond donors (Lipinski definition) is 2. The lowest BCUT2D eigenvalue weighted by atomic mass is 10.1. The Labute approximate surface area is 183 Å². The number of nitrogens with zero attached hydrogens (tertiary/aromatic N) is 1. The van der Waals surface area contributed by atoms with Crippen LogP contribution in [0.3, 0.4) is 0 Å². The van der Waals surface area contributed by atoms with Crippen LogP contribution in [0.4, 0.5) is 0 Å². The van der Waals surface area contributed by atoms with Gasteiger partial charge in [0.25, 0.3) is 5.91 Å². The second kappa shape index (κ2) is 11.1. The van der Waals surface area contributed by atoms with Crippen LogP contribution in [0.15, 0.2) is 52.0 Å². The number of benzene rings is 1. The van der Waals surface area contributed by atoms with Crippen LogP contribution < -0.4 is 10.6 Å². The number of rotatable bonds is 9. The lowest BCUT2D eigenvalue weighted by Crippen LogP contribution is -2.34. The van der Waals surface area contributed by atoms with Crippen LogP contribution in [-0.2, 0) is 21.2 Å². The number of sulfonamides is 1. The van der Waals surface area contributed by atoms with E-state index in [2.05, 4.69) is 10.6 Å². The zero-order chi connectivity index (χ0) is 22.1. The molecule has 2 N–H and O–H groups in total. The molecule has 0 aliphatic carbocycles. The number of amides is 2. The van der Waals surface area contributed by atoms with Crippen molar-refractivity contribution in [2.75, 3.05) is 26.2 Å². The quantitative estimate of drug-likeness (QED) is 0.574. The molecule has 1 aromatic heterocycles. The van der Waals surface area contributed by atoms with E-state index < -0.39 is 10.0 Å². The fraction of sp³-hybridized carbons (Fsp3) is 0.455. The van der Waals surface area contributed by atoms with Crippen molar-refractivity contribution in [3.05, 3.63) is 54.0 Å². The van der Waals surface area contributed by atoms with Crippen LogP contribution in [0.25, 0.3) is 0 Å². The lowest BCUT2D eigenvalue weighted by molar-refractivity contribution is -0.121. The molecule has 0 bridgehead atoms. The molecule has 1 aliphatic heterocycles. The monoisotopic (exact) mass is 447 g/mol. The van der Waals surface area contributed by atoms with Crippen molar-refractivity contribution in [1.82, 2.24) is 14.9 Å². The van der Waals surface area contributed by atoms with Crippen LogP contribution in [0.5, 0.6) is 0 Å². The Morgan fingerprint density at radius 2 is 1.61 bits per heavy atom. The average molecular weight is 448 g/mol. The van der Waals surface area contributed by atoms with Gasteiger partial charge in [0.15, 0.2) is 5.76 Å². The topological polar surface area (TPSA) is 109 Å². The standard InChI is InChI=1S/C22H29N3O5S/c26-21(23-13-14-24-22(27)20-6-5-17-30-20)12-9-18-7-10-19(11-8-18)31(28,29)25-15-3-1-2-4-16-25/h5-8,10-11,17H,1-4,9,12-16H2,(H,23,26)(H,24,27). The predicted octanol–water partition coefficient (Wildman–Crippen LogP) is 2.32. The first-order valence-corrected chi connectivity index (χ1v) is 12.1. The summed E-state index contributed by atoms with van der Waals surface area (Å²) in [6, 6.07) is 9.98. The minimum Gasteiger partial charge on any atom is -0.459 e. The molecule has 0 unspecified atom stereocenters. The Kier molecular flexibility index (Phi) is 8.25. The maximum Gasteiger partial charge on any atom is 0.287 e. The Bertz CT molecular complexity index is 948. The summed E-state index contributed by atoms with van der Waals surface area (Å²) in [5.74, 6) is -0.226. The fourth-order valence-electron chi connectivity index (χ4n) is 3.48. The van der Waals surface area contributed by atoms with Gasteiger partial charge < -0.3 is 15.1 Å². The van der Waals surface area contributed by atoms with Crippen LogP contribution in [0, 0.1) is 0 Å². The molecular weight excluding hydrogens is 418 g/mol. The first-order valence-electron chi connectivity index (χ1n) is 10.6. The van der Waals surface area contributed by atoms with Crippen molar-refractivity contribution >= 4 is 21.8 Å². The molecule has 0 radical (unpaired) electrons. The molecule has 8 nitrogen and oxygen atoms in total. The molecule has 1 fully saturated rings. The molecule has 168 valence electrons. The van der Waals surface area contributed by atoms with Crippen LogP contribution >= 0.6 is 0 Å². The predicted molar refractivity (Wildman–Crippen MR) is 116 cm³/mol. The molecule has 2 amide bonds. The fourth-order valence-corrected chi connectivity index (χ4v) is 5.00. The van der Waals surface area contributed by atoms with Gasteiger partial charge in [-0.1, -0.05) is 25.0 Å². The molecule has 1 saturated heterocycles. The largest absolute Gasteiger partial charge is 0.459 e. The van der Waals surface area contributed by atoms with Gasteiger partial charge in [-0.05, 0) is 49.1 Å². The number of aryl methyl sites for hydroxylation is 1. The van der Waals surface area contributed by atoms with Gasteiger partial charge in [-0.25, -0.2) is 8.42 Å². The second-order valence-electron chi connectivity index (χ2n) is 7.55. The minimum absolute atomic E-state index is 0.131. The van der Waals surface area contributed by atoms with Crippen molar-refractivity contribution in [1.29, 1.82) is 0 Å². The summed E-state index contributed by atoms with van der Waals surface area (Å²) in [6.45, 7) is 1.77. The molecule has 31 heavy (non-hydrogen) atoms. The van der Waals surface area contributed by atoms with E-state index in [4.69, 9.17) is 4.42 Å². The Morgan fingerprint density at radius 1 is 0.935 bits per heavy atom. The average Bonchev–Trinajstić information content (AvgIpc) is 3.17. The second-order valence-corrected chi connectivity index (χ2v) is 9.48. The maximum atomic E-state index is 12.8. The van der Waals surface area contributed by atoms with Gasteiger partial charge in [-0.2, -0.15) is 4.31 Å². The van der Waals surface area contributed by atoms with E-state index in [9.17, 15) is 18.0 Å². The van der Waals surface area contributed by atoms with Gasteiger partial charge in [-0.15, -0.1) is 0 Å². The SMILES string of the molecule is O=C(CCc1ccc(S(=O)(=O)N2CCCCCC2)cc1)NCCNC(=O)c1ccco1. The van der Waals surface area contributed by atoms with Gasteiger partial charge >= 0.3 is 0 Å². The molecule has 9 heteroatoms. The van der Waals surface area contributed by atoms with Crippen molar-refractivity contribution in [2.45, 2.75) is 43.4 Å². The highest BCUT2D eigenvalue weighted by Gasteiger charge is 2.24. The van der Waals surface area contributed by atoms with Gasteiger partial charge in [-0.3, -0.25) is 9.59 Å². The highest BCUT2D eigenvalue weighted by atomic mass is 32.2. The summed E-state index contributed by atoms with van der Waals surface area (Å²) in [6.07, 6.45) is 6.16. The van der Waals surface area contributed by atoms with Crippen molar-refractivity contribution in [3.63, 3.8) is 0 Å². The molecule has 0 saturated carbocycles. The van der Waals surface area contributed by atoms with E-state index in [1.165, 1.54) is 6.26 Å². The first-order chi connectivity index (χ1) is 15.0. The molecule has 0 spiro atoms. The summed E-state index contributed by atoms with van der Waals surface area (Å²) >= 11 is 0. The van der Waals surface area contributed by atoms with Gasteiger partial charge in [0.1, 0.15) is 0 Å². The van der Waals surface area contributed by atoms with Crippen molar-refractivity contribution in [2.24, 2.45) is 0 Å². The molecule has 2 heterocycles. The molecule has 2 aromatic rings. The summed E-state index contributed by atoms with van der Waals surface area (Å²) in [7, 11) is -3.46. The van der Waals surface area contributed by atoms with Gasteiger partial charge in [0, 0.05) is 32.6 Å². The Morgan fingerprint density at radius 3 is 2.26 bits per heavy atom. The maximum absolute atomic E-state index is 12.8. The normalized spacial score (nSPS) is 15.2. The van der Waals surface area contributed by atoms with E-state index in [0.717, 1.165) is 31.2 Å². The van der Waals surface area contributed by atoms with E-state index in [1.807, 2.05) is 0 Å². The third kappa shape index (κ3) is 6.67. The molecule has 1 aliphatic rings. The Balaban J connectivity index is 1.40. The third-order valence-electron chi connectivity index (χ3n) is 5.24. The number of nitrogens with one attached hydrogen (secondary N) is 2. The lowest BCUT2D eigenvalue weighted by Gasteiger charge is -2.20. The zero-order valence-corrected chi connectivity index (χ0v) is 18.3. The summed E-state index contributed by atoms with van der Waals surface area (Å²) in [5.41, 5.74) is 0.899. The van der Waals surface area contributed by atoms with E-state index in [-0.39, 0.29) is 24.0 Å². The van der Waals surface area contributed by atoms with Crippen LogP contribution in [0.2, 0.25) is 0 Å². The highest BCUT2D eigenvalue weighted by molar-refractivity contribution is 7.89. The van der Waals surface area contributed by atoms with Crippen LogP contribution in [0.1, 0.15) is 48.2 Å². The van der Waals surface area contributed by atoms with Crippen LogP contribution in [-0.4, -0.2) is 50.7 Å². The number of hydrogen-bond acceptors (Lipinski definition) is 5. The molecule has 3 rings (SSSR count). The highest BCUT2D eigenvalue weighted by Crippen LogP contribution is 2.21. The van der Waals surface area contributed by atoms with Gasteiger partial charge in [0.2, 0.25) is 15.9 Å². The minimum atomic E-state index is -3.46. The molecule has 1 aromatic carbocycles. The zero-order valence-electron chi connectivity index (χ0n) is 17.5. The first kappa shape index (κ1) is 23.0. The number of carbonyl (C=O) groups is 2. The van der Waals surface area contributed by atoms with Crippen molar-refractivity contribution in [3.8, 4) is 0 Å². The van der Waals surface area contributed by atoms with E-state index in [1.54, 1.807) is 40.7 Å². The number of furan rings is 1. The summed E-state index contributed by atoms with van der Waals surface area (Å²) < 4.78 is 32.2. The smallest absolute Gasteiger partial charge is 0.287 e. The van der Waals surface area contributed by atoms with Gasteiger partial charge in [0.05, 0.1) is 11.2 Å². The Hall–Kier alpha value is -2.65. The van der Waals surface area contributed by atoms with E-state index >= 15 is 0 Å². The summed E-state index contributed by atoms with van der Waals surface area (Å²) in [5, 5.41) is 5.41. The van der Waals surface area contributed by atoms with E-state index in [0.29, 0.717) is 37.5 Å². The third-order valence-corrected chi connectivity index (χ3v) is 7.16. The summed E-state index contributed by atoms with van der Waals surface area (Å²) in [4.78, 5) is 24.0. The van der Waals surface area contributed by atoms with Crippen molar-refractivity contribution < 1.29 is 22.4 Å².